The Kier molecular flexibility index (Phi) is 3.87. The average molecular weight is 296 g/mol. The second-order valence-corrected chi connectivity index (χ2v) is 4.51. The van der Waals surface area contributed by atoms with Gasteiger partial charge in [-0.05, 0) is 12.1 Å². The van der Waals surface area contributed by atoms with Crippen molar-refractivity contribution in [3.63, 3.8) is 0 Å². The second-order valence-electron chi connectivity index (χ2n) is 4.51. The van der Waals surface area contributed by atoms with Crippen molar-refractivity contribution in [3.05, 3.63) is 54.3 Å². The standard InChI is InChI=1S/C17H12O5/c18-9-13-8-12-4-3-6-15(17(12)22-13)14-5-1-2-7-16(14)21-11-20-10-19/h1-10H,11H2. The first kappa shape index (κ1) is 13.9. The van der Waals surface area contributed by atoms with E-state index in [1.807, 2.05) is 36.4 Å². The highest BCUT2D eigenvalue weighted by molar-refractivity contribution is 5.96. The van der Waals surface area contributed by atoms with E-state index in [2.05, 4.69) is 4.74 Å². The van der Waals surface area contributed by atoms with Crippen molar-refractivity contribution in [2.24, 2.45) is 0 Å². The summed E-state index contributed by atoms with van der Waals surface area (Å²) < 4.78 is 15.6. The van der Waals surface area contributed by atoms with Gasteiger partial charge in [0.15, 0.2) is 12.0 Å². The van der Waals surface area contributed by atoms with Gasteiger partial charge in [-0.25, -0.2) is 0 Å². The third-order valence-electron chi connectivity index (χ3n) is 3.21. The summed E-state index contributed by atoms with van der Waals surface area (Å²) in [4.78, 5) is 21.1. The highest BCUT2D eigenvalue weighted by Gasteiger charge is 2.13. The maximum Gasteiger partial charge on any atom is 0.295 e. The van der Waals surface area contributed by atoms with Crippen LogP contribution in [0.2, 0.25) is 0 Å². The Morgan fingerprint density at radius 1 is 1.00 bits per heavy atom. The van der Waals surface area contributed by atoms with Crippen LogP contribution in [0.15, 0.2) is 52.9 Å². The van der Waals surface area contributed by atoms with Gasteiger partial charge in [0.1, 0.15) is 11.3 Å². The number of rotatable bonds is 6. The lowest BCUT2D eigenvalue weighted by Gasteiger charge is -2.10. The minimum absolute atomic E-state index is 0.172. The van der Waals surface area contributed by atoms with Gasteiger partial charge in [-0.1, -0.05) is 36.4 Å². The lowest BCUT2D eigenvalue weighted by molar-refractivity contribution is -0.134. The Morgan fingerprint density at radius 2 is 1.82 bits per heavy atom. The summed E-state index contributed by atoms with van der Waals surface area (Å²) in [5.41, 5.74) is 2.19. The molecule has 5 nitrogen and oxygen atoms in total. The van der Waals surface area contributed by atoms with Crippen molar-refractivity contribution in [2.45, 2.75) is 0 Å². The van der Waals surface area contributed by atoms with Crippen LogP contribution in [0.1, 0.15) is 10.6 Å². The number of ether oxygens (including phenoxy) is 2. The quantitative estimate of drug-likeness (QED) is 0.396. The zero-order chi connectivity index (χ0) is 15.4. The monoisotopic (exact) mass is 296 g/mol. The molecule has 1 aromatic heterocycles. The number of benzene rings is 2. The fourth-order valence-electron chi connectivity index (χ4n) is 2.29. The van der Waals surface area contributed by atoms with Gasteiger partial charge < -0.3 is 13.9 Å². The molecule has 0 spiro atoms. The van der Waals surface area contributed by atoms with E-state index in [0.29, 0.717) is 24.1 Å². The number of carbonyl (C=O) groups is 2. The van der Waals surface area contributed by atoms with Crippen LogP contribution in [0, 0.1) is 0 Å². The Morgan fingerprint density at radius 3 is 2.64 bits per heavy atom. The fraction of sp³-hybridized carbons (Fsp3) is 0.0588. The summed E-state index contributed by atoms with van der Waals surface area (Å²) in [5, 5.41) is 0.832. The predicted octanol–water partition coefficient (Wildman–Crippen LogP) is 3.42. The molecule has 0 bridgehead atoms. The molecule has 1 heterocycles. The molecule has 0 saturated heterocycles. The zero-order valence-electron chi connectivity index (χ0n) is 11.5. The van der Waals surface area contributed by atoms with Gasteiger partial charge in [-0.2, -0.15) is 0 Å². The van der Waals surface area contributed by atoms with Crippen LogP contribution in [-0.4, -0.2) is 19.6 Å². The molecule has 0 radical (unpaired) electrons. The maximum absolute atomic E-state index is 10.9. The molecule has 0 unspecified atom stereocenters. The molecular weight excluding hydrogens is 284 g/mol. The van der Waals surface area contributed by atoms with E-state index in [0.717, 1.165) is 16.5 Å². The summed E-state index contributed by atoms with van der Waals surface area (Å²) in [7, 11) is 0. The minimum Gasteiger partial charge on any atom is -0.457 e. The van der Waals surface area contributed by atoms with Crippen molar-refractivity contribution < 1.29 is 23.5 Å². The topological polar surface area (TPSA) is 65.7 Å². The van der Waals surface area contributed by atoms with Crippen molar-refractivity contribution in [1.29, 1.82) is 0 Å². The molecule has 0 aliphatic carbocycles. The zero-order valence-corrected chi connectivity index (χ0v) is 11.5. The highest BCUT2D eigenvalue weighted by Crippen LogP contribution is 2.36. The molecule has 2 aromatic carbocycles. The first-order chi connectivity index (χ1) is 10.8. The van der Waals surface area contributed by atoms with Crippen LogP contribution < -0.4 is 4.74 Å². The van der Waals surface area contributed by atoms with Crippen LogP contribution in [0.3, 0.4) is 0 Å². The van der Waals surface area contributed by atoms with Gasteiger partial charge in [0, 0.05) is 16.5 Å². The van der Waals surface area contributed by atoms with Gasteiger partial charge in [0.05, 0.1) is 0 Å². The van der Waals surface area contributed by atoms with Crippen LogP contribution >= 0.6 is 0 Å². The van der Waals surface area contributed by atoms with Crippen molar-refractivity contribution in [1.82, 2.24) is 0 Å². The fourth-order valence-corrected chi connectivity index (χ4v) is 2.29. The normalized spacial score (nSPS) is 10.4. The molecule has 5 heteroatoms. The molecule has 0 fully saturated rings. The molecule has 22 heavy (non-hydrogen) atoms. The summed E-state index contributed by atoms with van der Waals surface area (Å²) >= 11 is 0. The van der Waals surface area contributed by atoms with Gasteiger partial charge in [0.2, 0.25) is 6.79 Å². The number of fused-ring (bicyclic) bond motifs is 1. The summed E-state index contributed by atoms with van der Waals surface area (Å²) in [6.45, 7) is 0.153. The summed E-state index contributed by atoms with van der Waals surface area (Å²) in [6.07, 6.45) is 0.671. The number of furan rings is 1. The Bertz CT molecular complexity index is 819. The van der Waals surface area contributed by atoms with Crippen molar-refractivity contribution in [3.8, 4) is 16.9 Å². The SMILES string of the molecule is O=COCOc1ccccc1-c1cccc2cc(C=O)oc12. The summed E-state index contributed by atoms with van der Waals surface area (Å²) in [6, 6.07) is 14.6. The molecule has 110 valence electrons. The molecule has 0 aliphatic heterocycles. The second kappa shape index (κ2) is 6.13. The van der Waals surface area contributed by atoms with Gasteiger partial charge >= 0.3 is 0 Å². The minimum atomic E-state index is -0.172. The molecule has 0 atom stereocenters. The van der Waals surface area contributed by atoms with E-state index in [-0.39, 0.29) is 12.6 Å². The predicted molar refractivity (Wildman–Crippen MR) is 79.7 cm³/mol. The third-order valence-corrected chi connectivity index (χ3v) is 3.21. The van der Waals surface area contributed by atoms with E-state index in [9.17, 15) is 9.59 Å². The molecule has 3 aromatic rings. The smallest absolute Gasteiger partial charge is 0.295 e. The molecule has 0 aliphatic rings. The number of hydrogen-bond donors (Lipinski definition) is 0. The van der Waals surface area contributed by atoms with Crippen molar-refractivity contribution >= 4 is 23.7 Å². The Balaban J connectivity index is 2.09. The van der Waals surface area contributed by atoms with Crippen LogP contribution in [0.4, 0.5) is 0 Å². The number of carbonyl (C=O) groups excluding carboxylic acids is 2. The van der Waals surface area contributed by atoms with E-state index in [1.165, 1.54) is 0 Å². The van der Waals surface area contributed by atoms with Crippen LogP contribution in [-0.2, 0) is 9.53 Å². The summed E-state index contributed by atoms with van der Waals surface area (Å²) in [5.74, 6) is 0.825. The number of para-hydroxylation sites is 2. The molecule has 0 amide bonds. The number of aldehydes is 1. The van der Waals surface area contributed by atoms with Crippen LogP contribution in [0.5, 0.6) is 5.75 Å². The Hall–Kier alpha value is -3.08. The van der Waals surface area contributed by atoms with Gasteiger partial charge in [-0.15, -0.1) is 0 Å². The largest absolute Gasteiger partial charge is 0.457 e. The third kappa shape index (κ3) is 2.56. The van der Waals surface area contributed by atoms with E-state index >= 15 is 0 Å². The Labute approximate surface area is 126 Å². The molecule has 0 N–H and O–H groups in total. The average Bonchev–Trinajstić information content (AvgIpc) is 2.99. The molecule has 3 rings (SSSR count). The molecular formula is C17H12O5. The molecule has 0 saturated carbocycles. The lowest BCUT2D eigenvalue weighted by atomic mass is 10.0. The first-order valence-corrected chi connectivity index (χ1v) is 6.58. The highest BCUT2D eigenvalue weighted by atomic mass is 16.7. The van der Waals surface area contributed by atoms with E-state index in [4.69, 9.17) is 9.15 Å². The lowest BCUT2D eigenvalue weighted by Crippen LogP contribution is -2.02. The van der Waals surface area contributed by atoms with E-state index < -0.39 is 0 Å². The van der Waals surface area contributed by atoms with Gasteiger partial charge in [0.25, 0.3) is 6.47 Å². The van der Waals surface area contributed by atoms with Crippen molar-refractivity contribution in [2.75, 3.05) is 6.79 Å². The van der Waals surface area contributed by atoms with Gasteiger partial charge in [-0.3, -0.25) is 9.59 Å². The number of hydrogen-bond acceptors (Lipinski definition) is 5. The first-order valence-electron chi connectivity index (χ1n) is 6.58. The van der Waals surface area contributed by atoms with Crippen LogP contribution in [0.25, 0.3) is 22.1 Å². The van der Waals surface area contributed by atoms with E-state index in [1.54, 1.807) is 12.1 Å². The maximum atomic E-state index is 10.9.